The number of ether oxygens (including phenoxy) is 6. The van der Waals surface area contributed by atoms with E-state index in [1.807, 2.05) is 13.0 Å². The van der Waals surface area contributed by atoms with Crippen molar-refractivity contribution in [3.63, 3.8) is 0 Å². The quantitative estimate of drug-likeness (QED) is 0.0227. The number of allylic oxidation sites excluding steroid dienone is 3. The molecule has 4 heterocycles. The first-order valence-corrected chi connectivity index (χ1v) is 31.1. The summed E-state index contributed by atoms with van der Waals surface area (Å²) in [5.74, 6) is -5.01. The zero-order chi connectivity index (χ0) is 68.5. The van der Waals surface area contributed by atoms with Crippen LogP contribution in [0.4, 0.5) is 25.8 Å². The van der Waals surface area contributed by atoms with Crippen LogP contribution in [0.25, 0.3) is 0 Å². The van der Waals surface area contributed by atoms with Gasteiger partial charge in [0.2, 0.25) is 29.5 Å². The second-order valence-electron chi connectivity index (χ2n) is 24.2. The Morgan fingerprint density at radius 1 is 0.935 bits per heavy atom. The summed E-state index contributed by atoms with van der Waals surface area (Å²) in [4.78, 5) is 148. The second kappa shape index (κ2) is 33.3. The topological polar surface area (TPSA) is 366 Å². The van der Waals surface area contributed by atoms with Crippen molar-refractivity contribution in [2.45, 2.75) is 153 Å². The molecule has 8 N–H and O–H groups in total. The molecule has 0 aromatic heterocycles. The number of alkyl carbamates (subject to hydrolysis) is 1. The van der Waals surface area contributed by atoms with Gasteiger partial charge in [0.1, 0.15) is 59.9 Å². The van der Waals surface area contributed by atoms with E-state index in [1.165, 1.54) is 57.3 Å². The Morgan fingerprint density at radius 2 is 1.63 bits per heavy atom. The molecule has 0 spiro atoms. The van der Waals surface area contributed by atoms with Gasteiger partial charge in [0, 0.05) is 90.9 Å². The van der Waals surface area contributed by atoms with Crippen LogP contribution in [0.15, 0.2) is 72.4 Å². The number of carbonyl (C=O) groups excluding carboxylic acids is 11. The molecule has 29 heteroatoms. The smallest absolute Gasteiger partial charge is 0.409 e. The monoisotopic (exact) mass is 1320 g/mol. The largest absolute Gasteiger partial charge is 0.495 e. The molecule has 9 atom stereocenters. The van der Waals surface area contributed by atoms with Crippen molar-refractivity contribution in [3.8, 4) is 5.75 Å². The standard InChI is InChI=1S/C64H87ClN10O18/c1-37(2)56(70-49(76)19-12-11-13-28-75-51(78)24-25-52(75)79)59(83)69-43(17-15-27-67-60(66)84)58(82)68-42-22-20-40(21-23-42)36-90-62(86)72(6)29-26-50(77)73(7)35-54(81)92-48-33-53(80)74(8)44-31-41(32-45(88-9)55(44)65)30-38(3)16-14-18-47(89-10)64(87)34-46(91-61(85)71-64)39(4)57-63(48,5)93-57/h14,16,18,20-25,31-32,37,39,43,46-48,56-57,87H,11-13,15,17,19,26-30,33-36H2,1-10H3,(H,68,82)(H,69,83)(H,70,76)(H,71,85)(H3,66,67,84)/b18-14+,38-16+/t39-,43-,46+,47-,48+,56?,57+,63+,64+/m1/s1. The lowest BCUT2D eigenvalue weighted by molar-refractivity contribution is -0.157. The number of nitrogens with one attached hydrogen (secondary N) is 5. The minimum Gasteiger partial charge on any atom is -0.495 e. The fourth-order valence-corrected chi connectivity index (χ4v) is 11.3. The van der Waals surface area contributed by atoms with E-state index in [4.69, 9.17) is 45.8 Å². The number of fused-ring (bicyclic) bond motifs is 5. The summed E-state index contributed by atoms with van der Waals surface area (Å²) in [7, 11) is 7.16. The number of hydrogen-bond acceptors (Lipinski definition) is 18. The molecule has 2 fully saturated rings. The van der Waals surface area contributed by atoms with Gasteiger partial charge >= 0.3 is 24.2 Å². The molecule has 11 amide bonds. The number of rotatable bonds is 26. The Labute approximate surface area is 545 Å². The summed E-state index contributed by atoms with van der Waals surface area (Å²) in [6, 6.07) is 6.92. The molecule has 2 saturated heterocycles. The van der Waals surface area contributed by atoms with Crippen molar-refractivity contribution in [1.82, 2.24) is 36.0 Å². The summed E-state index contributed by atoms with van der Waals surface area (Å²) in [6.07, 6.45) is 3.40. The molecule has 0 radical (unpaired) electrons. The van der Waals surface area contributed by atoms with Gasteiger partial charge < -0.3 is 75.2 Å². The molecule has 4 aliphatic heterocycles. The van der Waals surface area contributed by atoms with Gasteiger partial charge in [-0.25, -0.2) is 14.4 Å². The summed E-state index contributed by atoms with van der Waals surface area (Å²) in [6.45, 7) is 8.21. The zero-order valence-corrected chi connectivity index (χ0v) is 55.0. The number of nitrogens with zero attached hydrogens (tertiary/aromatic N) is 4. The summed E-state index contributed by atoms with van der Waals surface area (Å²) < 4.78 is 34.8. The van der Waals surface area contributed by atoms with E-state index in [1.54, 1.807) is 76.2 Å². The van der Waals surface area contributed by atoms with E-state index >= 15 is 0 Å². The van der Waals surface area contributed by atoms with Crippen molar-refractivity contribution in [2.75, 3.05) is 71.8 Å². The van der Waals surface area contributed by atoms with Crippen LogP contribution in [0.2, 0.25) is 5.02 Å². The molecule has 0 saturated carbocycles. The number of likely N-dealkylation sites (N-methyl/N-ethyl adjacent to an activating group) is 1. The molecule has 93 heavy (non-hydrogen) atoms. The first-order valence-electron chi connectivity index (χ1n) is 30.7. The average Bonchev–Trinajstić information content (AvgIpc) is 1.58. The van der Waals surface area contributed by atoms with E-state index in [0.717, 1.165) is 20.9 Å². The minimum atomic E-state index is -1.91. The Kier molecular flexibility index (Phi) is 26.3. The number of anilines is 2. The number of benzene rings is 2. The van der Waals surface area contributed by atoms with Crippen LogP contribution in [-0.4, -0.2) is 195 Å². The van der Waals surface area contributed by atoms with Crippen molar-refractivity contribution < 1.29 is 86.3 Å². The maximum atomic E-state index is 14.4. The fourth-order valence-electron chi connectivity index (χ4n) is 11.0. The van der Waals surface area contributed by atoms with Crippen molar-refractivity contribution in [1.29, 1.82) is 0 Å². The first kappa shape index (κ1) is 73.5. The SMILES string of the molecule is COc1cc2cc(c1Cl)N(C)C(=O)C[C@H](OC(=O)CN(C)C(=O)CCN(C)C(=O)OCc1ccc(NC(=O)[C@@H](CCCNC(N)=O)NC(=O)C(NC(=O)CCCCCN3C(=O)C=CC3=O)C(C)C)cc1)[C@]1(C)O[C@H]1[C@H](C)[C@@H]1C[C@@](O)(NC(=O)O1)[C@H](OC)/C=C/C=C(\C)C2. The van der Waals surface area contributed by atoms with Gasteiger partial charge in [0.05, 0.1) is 25.3 Å². The number of epoxide rings is 1. The number of halogens is 1. The molecule has 2 aromatic rings. The van der Waals surface area contributed by atoms with Crippen LogP contribution in [0.5, 0.6) is 5.75 Å². The number of aliphatic hydroxyl groups is 1. The number of esters is 1. The van der Waals surface area contributed by atoms with Crippen LogP contribution in [0.1, 0.15) is 104 Å². The Balaban J connectivity index is 1.02. The number of hydrogen-bond donors (Lipinski definition) is 7. The zero-order valence-electron chi connectivity index (χ0n) is 54.2. The Bertz CT molecular complexity index is 3180. The lowest BCUT2D eigenvalue weighted by Crippen LogP contribution is -2.63. The molecule has 0 aliphatic carbocycles. The van der Waals surface area contributed by atoms with Gasteiger partial charge in [-0.2, -0.15) is 0 Å². The third-order valence-corrected chi connectivity index (χ3v) is 17.0. The molecule has 4 bridgehead atoms. The van der Waals surface area contributed by atoms with Crippen LogP contribution in [0.3, 0.4) is 0 Å². The van der Waals surface area contributed by atoms with E-state index in [-0.39, 0.29) is 81.1 Å². The lowest BCUT2D eigenvalue weighted by Gasteiger charge is -2.42. The van der Waals surface area contributed by atoms with Crippen molar-refractivity contribution in [3.05, 3.63) is 88.5 Å². The number of urea groups is 1. The molecule has 4 aliphatic rings. The number of amides is 11. The molecule has 2 aromatic carbocycles. The van der Waals surface area contributed by atoms with Crippen LogP contribution in [0, 0.1) is 11.8 Å². The number of unbranched alkanes of at least 4 members (excludes halogenated alkanes) is 2. The number of primary amides is 1. The van der Waals surface area contributed by atoms with Crippen LogP contribution in [-0.2, 0) is 75.1 Å². The van der Waals surface area contributed by atoms with Gasteiger partial charge in [-0.15, -0.1) is 0 Å². The van der Waals surface area contributed by atoms with E-state index in [9.17, 15) is 57.8 Å². The van der Waals surface area contributed by atoms with E-state index in [0.29, 0.717) is 48.4 Å². The second-order valence-corrected chi connectivity index (χ2v) is 24.6. The highest BCUT2D eigenvalue weighted by Crippen LogP contribution is 2.49. The van der Waals surface area contributed by atoms with Crippen LogP contribution >= 0.6 is 11.6 Å². The third kappa shape index (κ3) is 20.4. The van der Waals surface area contributed by atoms with Crippen molar-refractivity contribution in [2.24, 2.45) is 17.6 Å². The summed E-state index contributed by atoms with van der Waals surface area (Å²) in [5.41, 5.74) is 4.76. The van der Waals surface area contributed by atoms with Gasteiger partial charge in [0.25, 0.3) is 11.8 Å². The predicted octanol–water partition coefficient (Wildman–Crippen LogP) is 4.28. The highest BCUT2D eigenvalue weighted by molar-refractivity contribution is 6.35. The molecular formula is C64H87ClN10O18. The summed E-state index contributed by atoms with van der Waals surface area (Å²) >= 11 is 6.82. The van der Waals surface area contributed by atoms with Gasteiger partial charge in [-0.05, 0) is 87.3 Å². The van der Waals surface area contributed by atoms with E-state index < -0.39 is 120 Å². The maximum absolute atomic E-state index is 14.4. The maximum Gasteiger partial charge on any atom is 0.409 e. The molecule has 6 rings (SSSR count). The Morgan fingerprint density at radius 3 is 2.29 bits per heavy atom. The van der Waals surface area contributed by atoms with Gasteiger partial charge in [0.15, 0.2) is 5.72 Å². The summed E-state index contributed by atoms with van der Waals surface area (Å²) in [5, 5.41) is 25.2. The normalized spacial score (nSPS) is 23.6. The molecule has 1 unspecified atom stereocenters. The molecular weight excluding hydrogens is 1230 g/mol. The minimum absolute atomic E-state index is 0.0790. The number of nitrogens with two attached hydrogens (primary N) is 1. The molecule has 28 nitrogen and oxygen atoms in total. The average molecular weight is 1320 g/mol. The lowest BCUT2D eigenvalue weighted by atomic mass is 9.83. The first-order chi connectivity index (χ1) is 44.0. The van der Waals surface area contributed by atoms with E-state index in [2.05, 4.69) is 26.6 Å². The third-order valence-electron chi connectivity index (χ3n) is 16.6. The predicted molar refractivity (Wildman–Crippen MR) is 339 cm³/mol. The Hall–Kier alpha value is -8.60. The fraction of sp³-hybridized carbons (Fsp3) is 0.547. The van der Waals surface area contributed by atoms with Crippen molar-refractivity contribution >= 4 is 88.5 Å². The number of imide groups is 1. The van der Waals surface area contributed by atoms with Gasteiger partial charge in [-0.1, -0.05) is 74.7 Å². The van der Waals surface area contributed by atoms with Crippen LogP contribution < -0.4 is 42.0 Å². The van der Waals surface area contributed by atoms with Gasteiger partial charge in [-0.3, -0.25) is 48.6 Å². The highest BCUT2D eigenvalue weighted by atomic mass is 35.5. The number of carbonyl (C=O) groups is 11. The number of methoxy groups -OCH3 is 2. The highest BCUT2D eigenvalue weighted by Gasteiger charge is 2.64. The molecule has 508 valence electrons.